The van der Waals surface area contributed by atoms with E-state index in [0.29, 0.717) is 10.2 Å². The van der Waals surface area contributed by atoms with Crippen molar-refractivity contribution in [2.45, 2.75) is 13.3 Å². The first-order valence-electron chi connectivity index (χ1n) is 5.90. The van der Waals surface area contributed by atoms with Gasteiger partial charge in [-0.3, -0.25) is 10.1 Å². The molecule has 0 aliphatic heterocycles. The molecule has 0 atom stereocenters. The number of halogens is 1. The molecule has 0 radical (unpaired) electrons. The molecule has 2 aromatic carbocycles. The SMILES string of the molecule is CCc1ccc(Nc2ccc(Br)cc2[N+](=O)[O-])cc1. The zero-order valence-corrected chi connectivity index (χ0v) is 12.0. The fourth-order valence-corrected chi connectivity index (χ4v) is 2.09. The predicted molar refractivity (Wildman–Crippen MR) is 79.9 cm³/mol. The summed E-state index contributed by atoms with van der Waals surface area (Å²) in [5.41, 5.74) is 2.60. The topological polar surface area (TPSA) is 55.2 Å². The first-order chi connectivity index (χ1) is 9.10. The van der Waals surface area contributed by atoms with Gasteiger partial charge in [-0.1, -0.05) is 35.0 Å². The van der Waals surface area contributed by atoms with E-state index in [4.69, 9.17) is 0 Å². The zero-order valence-electron chi connectivity index (χ0n) is 10.4. The molecule has 0 aliphatic rings. The Balaban J connectivity index is 2.29. The fraction of sp³-hybridized carbons (Fsp3) is 0.143. The van der Waals surface area contributed by atoms with E-state index in [0.717, 1.165) is 12.1 Å². The van der Waals surface area contributed by atoms with Crippen LogP contribution in [0.15, 0.2) is 46.9 Å². The number of hydrogen-bond donors (Lipinski definition) is 1. The van der Waals surface area contributed by atoms with Crippen LogP contribution in [0.2, 0.25) is 0 Å². The largest absolute Gasteiger partial charge is 0.350 e. The Labute approximate surface area is 119 Å². The number of benzene rings is 2. The van der Waals surface area contributed by atoms with Crippen LogP contribution in [0.1, 0.15) is 12.5 Å². The van der Waals surface area contributed by atoms with Crippen LogP contribution in [0.25, 0.3) is 0 Å². The van der Waals surface area contributed by atoms with Gasteiger partial charge in [0.2, 0.25) is 0 Å². The van der Waals surface area contributed by atoms with E-state index in [1.807, 2.05) is 24.3 Å². The standard InChI is InChI=1S/C14H13BrN2O2/c1-2-10-3-6-12(7-4-10)16-13-8-5-11(15)9-14(13)17(18)19/h3-9,16H,2H2,1H3. The molecule has 19 heavy (non-hydrogen) atoms. The Bertz CT molecular complexity index is 597. The summed E-state index contributed by atoms with van der Waals surface area (Å²) in [7, 11) is 0. The molecule has 0 bridgehead atoms. The Hall–Kier alpha value is -1.88. The quantitative estimate of drug-likeness (QED) is 0.658. The van der Waals surface area contributed by atoms with Crippen LogP contribution in [0, 0.1) is 10.1 Å². The van der Waals surface area contributed by atoms with Gasteiger partial charge < -0.3 is 5.32 Å². The highest BCUT2D eigenvalue weighted by atomic mass is 79.9. The first-order valence-corrected chi connectivity index (χ1v) is 6.69. The van der Waals surface area contributed by atoms with Crippen molar-refractivity contribution < 1.29 is 4.92 Å². The van der Waals surface area contributed by atoms with Crippen molar-refractivity contribution in [3.05, 3.63) is 62.6 Å². The van der Waals surface area contributed by atoms with E-state index in [-0.39, 0.29) is 5.69 Å². The second-order valence-corrected chi connectivity index (χ2v) is 5.01. The molecule has 98 valence electrons. The lowest BCUT2D eigenvalue weighted by atomic mass is 10.1. The third kappa shape index (κ3) is 3.32. The van der Waals surface area contributed by atoms with E-state index >= 15 is 0 Å². The molecule has 0 saturated carbocycles. The summed E-state index contributed by atoms with van der Waals surface area (Å²) in [6.07, 6.45) is 0.971. The number of nitrogens with one attached hydrogen (secondary N) is 1. The Morgan fingerprint density at radius 2 is 1.89 bits per heavy atom. The van der Waals surface area contributed by atoms with Crippen LogP contribution in [0.4, 0.5) is 17.1 Å². The maximum Gasteiger partial charge on any atom is 0.293 e. The summed E-state index contributed by atoms with van der Waals surface area (Å²) < 4.78 is 0.686. The van der Waals surface area contributed by atoms with Gasteiger partial charge in [-0.15, -0.1) is 0 Å². The molecular formula is C14H13BrN2O2. The molecule has 1 N–H and O–H groups in total. The third-order valence-corrected chi connectivity index (χ3v) is 3.29. The van der Waals surface area contributed by atoms with Crippen LogP contribution >= 0.6 is 15.9 Å². The number of nitrogens with zero attached hydrogens (tertiary/aromatic N) is 1. The number of aryl methyl sites for hydroxylation is 1. The summed E-state index contributed by atoms with van der Waals surface area (Å²) in [6.45, 7) is 2.09. The van der Waals surface area contributed by atoms with E-state index in [1.165, 1.54) is 11.6 Å². The maximum absolute atomic E-state index is 11.0. The summed E-state index contributed by atoms with van der Waals surface area (Å²) in [6, 6.07) is 12.8. The van der Waals surface area contributed by atoms with Gasteiger partial charge in [0.15, 0.2) is 0 Å². The molecule has 4 nitrogen and oxygen atoms in total. The van der Waals surface area contributed by atoms with Gasteiger partial charge in [-0.2, -0.15) is 0 Å². The second-order valence-electron chi connectivity index (χ2n) is 4.09. The fourth-order valence-electron chi connectivity index (χ4n) is 1.74. The Morgan fingerprint density at radius 1 is 1.21 bits per heavy atom. The maximum atomic E-state index is 11.0. The van der Waals surface area contributed by atoms with Crippen molar-refractivity contribution in [3.8, 4) is 0 Å². The number of hydrogen-bond acceptors (Lipinski definition) is 3. The van der Waals surface area contributed by atoms with Gasteiger partial charge in [0, 0.05) is 16.2 Å². The minimum atomic E-state index is -0.395. The van der Waals surface area contributed by atoms with Gasteiger partial charge in [0.05, 0.1) is 4.92 Å². The van der Waals surface area contributed by atoms with E-state index in [9.17, 15) is 10.1 Å². The minimum Gasteiger partial charge on any atom is -0.350 e. The predicted octanol–water partition coefficient (Wildman–Crippen LogP) is 4.66. The molecule has 0 saturated heterocycles. The highest BCUT2D eigenvalue weighted by molar-refractivity contribution is 9.10. The normalized spacial score (nSPS) is 10.2. The molecule has 0 unspecified atom stereocenters. The highest BCUT2D eigenvalue weighted by Gasteiger charge is 2.14. The number of nitro benzene ring substituents is 1. The lowest BCUT2D eigenvalue weighted by molar-refractivity contribution is -0.384. The molecule has 0 fully saturated rings. The van der Waals surface area contributed by atoms with Crippen molar-refractivity contribution in [3.63, 3.8) is 0 Å². The summed E-state index contributed by atoms with van der Waals surface area (Å²) in [5, 5.41) is 14.1. The molecule has 5 heteroatoms. The van der Waals surface area contributed by atoms with Crippen LogP contribution in [-0.4, -0.2) is 4.92 Å². The summed E-state index contributed by atoms with van der Waals surface area (Å²) in [5.74, 6) is 0. The molecule has 2 rings (SSSR count). The van der Waals surface area contributed by atoms with Crippen LogP contribution in [0.3, 0.4) is 0 Å². The number of rotatable bonds is 4. The van der Waals surface area contributed by atoms with Crippen molar-refractivity contribution in [1.29, 1.82) is 0 Å². The first kappa shape index (κ1) is 13.5. The molecule has 2 aromatic rings. The molecule has 0 spiro atoms. The van der Waals surface area contributed by atoms with E-state index < -0.39 is 4.92 Å². The Morgan fingerprint density at radius 3 is 2.47 bits per heavy atom. The van der Waals surface area contributed by atoms with Crippen LogP contribution in [-0.2, 0) is 6.42 Å². The molecule has 0 heterocycles. The summed E-state index contributed by atoms with van der Waals surface area (Å²) >= 11 is 3.24. The van der Waals surface area contributed by atoms with Crippen LogP contribution < -0.4 is 5.32 Å². The average Bonchev–Trinajstić information content (AvgIpc) is 2.41. The van der Waals surface area contributed by atoms with Crippen molar-refractivity contribution in [2.75, 3.05) is 5.32 Å². The summed E-state index contributed by atoms with van der Waals surface area (Å²) in [4.78, 5) is 10.6. The molecule has 0 aromatic heterocycles. The Kier molecular flexibility index (Phi) is 4.16. The average molecular weight is 321 g/mol. The van der Waals surface area contributed by atoms with E-state index in [2.05, 4.69) is 28.2 Å². The number of nitro groups is 1. The monoisotopic (exact) mass is 320 g/mol. The van der Waals surface area contributed by atoms with Gasteiger partial charge in [-0.05, 0) is 36.2 Å². The molecule has 0 aliphatic carbocycles. The smallest absolute Gasteiger partial charge is 0.293 e. The van der Waals surface area contributed by atoms with Gasteiger partial charge in [-0.25, -0.2) is 0 Å². The van der Waals surface area contributed by atoms with Crippen LogP contribution in [0.5, 0.6) is 0 Å². The van der Waals surface area contributed by atoms with Crippen molar-refractivity contribution >= 4 is 33.0 Å². The molecular weight excluding hydrogens is 308 g/mol. The van der Waals surface area contributed by atoms with Gasteiger partial charge in [0.25, 0.3) is 5.69 Å². The van der Waals surface area contributed by atoms with E-state index in [1.54, 1.807) is 12.1 Å². The lowest BCUT2D eigenvalue weighted by Crippen LogP contribution is -1.97. The van der Waals surface area contributed by atoms with Gasteiger partial charge >= 0.3 is 0 Å². The third-order valence-electron chi connectivity index (χ3n) is 2.80. The zero-order chi connectivity index (χ0) is 13.8. The number of anilines is 2. The van der Waals surface area contributed by atoms with Gasteiger partial charge in [0.1, 0.15) is 5.69 Å². The molecule has 0 amide bonds. The highest BCUT2D eigenvalue weighted by Crippen LogP contribution is 2.30. The second kappa shape index (κ2) is 5.84. The lowest BCUT2D eigenvalue weighted by Gasteiger charge is -2.08. The van der Waals surface area contributed by atoms with Crippen molar-refractivity contribution in [1.82, 2.24) is 0 Å². The minimum absolute atomic E-state index is 0.0499. The van der Waals surface area contributed by atoms with Crippen molar-refractivity contribution in [2.24, 2.45) is 0 Å².